The Morgan fingerprint density at radius 2 is 1.68 bits per heavy atom. The van der Waals surface area contributed by atoms with E-state index in [4.69, 9.17) is 11.6 Å². The van der Waals surface area contributed by atoms with Gasteiger partial charge in [-0.05, 0) is 76.3 Å². The van der Waals surface area contributed by atoms with Crippen LogP contribution in [0.2, 0.25) is 0 Å². The van der Waals surface area contributed by atoms with Crippen molar-refractivity contribution in [2.45, 2.75) is 76.6 Å². The lowest BCUT2D eigenvalue weighted by Gasteiger charge is -2.56. The highest BCUT2D eigenvalue weighted by molar-refractivity contribution is 6.20. The normalized spacial score (nSPS) is 32.4. The zero-order valence-corrected chi connectivity index (χ0v) is 14.0. The third-order valence-electron chi connectivity index (χ3n) is 5.74. The fourth-order valence-corrected chi connectivity index (χ4v) is 4.88. The van der Waals surface area contributed by atoms with E-state index in [1.165, 1.54) is 51.4 Å². The van der Waals surface area contributed by atoms with Crippen LogP contribution in [0.25, 0.3) is 0 Å². The van der Waals surface area contributed by atoms with Crippen LogP contribution in [0.4, 0.5) is 0 Å². The molecule has 2 aliphatic carbocycles. The van der Waals surface area contributed by atoms with Gasteiger partial charge in [0.1, 0.15) is 0 Å². The maximum atomic E-state index is 6.31. The van der Waals surface area contributed by atoms with Gasteiger partial charge in [-0.15, -0.1) is 11.6 Å². The van der Waals surface area contributed by atoms with Crippen molar-refractivity contribution in [3.63, 3.8) is 0 Å². The Morgan fingerprint density at radius 1 is 1.11 bits per heavy atom. The molecule has 0 aromatic rings. The predicted octanol–water partition coefficient (Wildman–Crippen LogP) is 4.93. The SMILES string of the molecule is CC(C)CC(N(C)C)C1(C2CCC(Cl)CC2)CCC1. The van der Waals surface area contributed by atoms with Gasteiger partial charge in [-0.3, -0.25) is 0 Å². The molecule has 1 atom stereocenters. The zero-order valence-electron chi connectivity index (χ0n) is 13.3. The molecule has 2 heteroatoms. The maximum Gasteiger partial charge on any atom is 0.0336 e. The highest BCUT2D eigenvalue weighted by Crippen LogP contribution is 2.56. The van der Waals surface area contributed by atoms with Gasteiger partial charge < -0.3 is 4.90 Å². The fourth-order valence-electron chi connectivity index (χ4n) is 4.63. The van der Waals surface area contributed by atoms with E-state index in [0.29, 0.717) is 10.8 Å². The van der Waals surface area contributed by atoms with Gasteiger partial charge in [0.15, 0.2) is 0 Å². The minimum atomic E-state index is 0.455. The molecule has 0 spiro atoms. The van der Waals surface area contributed by atoms with Crippen molar-refractivity contribution in [3.05, 3.63) is 0 Å². The topological polar surface area (TPSA) is 3.24 Å². The molecule has 0 saturated heterocycles. The molecule has 2 fully saturated rings. The molecule has 0 radical (unpaired) electrons. The van der Waals surface area contributed by atoms with Gasteiger partial charge >= 0.3 is 0 Å². The molecule has 0 heterocycles. The quantitative estimate of drug-likeness (QED) is 0.647. The van der Waals surface area contributed by atoms with Crippen LogP contribution in [0.15, 0.2) is 0 Å². The van der Waals surface area contributed by atoms with Crippen molar-refractivity contribution < 1.29 is 0 Å². The van der Waals surface area contributed by atoms with Gasteiger partial charge in [-0.1, -0.05) is 20.3 Å². The van der Waals surface area contributed by atoms with E-state index >= 15 is 0 Å². The smallest absolute Gasteiger partial charge is 0.0336 e. The highest BCUT2D eigenvalue weighted by Gasteiger charge is 2.50. The second-order valence-electron chi connectivity index (χ2n) is 7.64. The second-order valence-corrected chi connectivity index (χ2v) is 8.26. The zero-order chi connectivity index (χ0) is 14.0. The van der Waals surface area contributed by atoms with Crippen LogP contribution in [0.1, 0.15) is 65.2 Å². The Hall–Kier alpha value is 0.250. The van der Waals surface area contributed by atoms with Crippen molar-refractivity contribution in [1.29, 1.82) is 0 Å². The monoisotopic (exact) mass is 285 g/mol. The second kappa shape index (κ2) is 6.35. The lowest BCUT2D eigenvalue weighted by molar-refractivity contribution is -0.0556. The molecule has 19 heavy (non-hydrogen) atoms. The van der Waals surface area contributed by atoms with E-state index in [1.807, 2.05) is 0 Å². The van der Waals surface area contributed by atoms with Gasteiger partial charge in [0.05, 0.1) is 0 Å². The minimum absolute atomic E-state index is 0.455. The molecule has 0 bridgehead atoms. The Kier molecular flexibility index (Phi) is 5.22. The molecular formula is C17H32ClN. The summed E-state index contributed by atoms with van der Waals surface area (Å²) in [6.07, 6.45) is 11.0. The molecular weight excluding hydrogens is 254 g/mol. The van der Waals surface area contributed by atoms with Gasteiger partial charge in [0.2, 0.25) is 0 Å². The third kappa shape index (κ3) is 3.29. The van der Waals surface area contributed by atoms with Gasteiger partial charge in [0, 0.05) is 11.4 Å². The standard InChI is InChI=1S/C17H32ClN/c1-13(2)12-16(19(3)4)17(10-5-11-17)14-6-8-15(18)9-7-14/h13-16H,5-12H2,1-4H3. The lowest BCUT2D eigenvalue weighted by Crippen LogP contribution is -2.54. The average Bonchev–Trinajstić information content (AvgIpc) is 2.28. The van der Waals surface area contributed by atoms with E-state index < -0.39 is 0 Å². The van der Waals surface area contributed by atoms with Crippen molar-refractivity contribution in [2.75, 3.05) is 14.1 Å². The Morgan fingerprint density at radius 3 is 2.05 bits per heavy atom. The third-order valence-corrected chi connectivity index (χ3v) is 6.17. The summed E-state index contributed by atoms with van der Waals surface area (Å²) in [6.45, 7) is 4.75. The lowest BCUT2D eigenvalue weighted by atomic mass is 9.53. The average molecular weight is 286 g/mol. The number of halogens is 1. The first-order valence-electron chi connectivity index (χ1n) is 8.26. The first kappa shape index (κ1) is 15.6. The summed E-state index contributed by atoms with van der Waals surface area (Å²) >= 11 is 6.31. The van der Waals surface area contributed by atoms with Crippen LogP contribution in [0, 0.1) is 17.3 Å². The summed E-state index contributed by atoms with van der Waals surface area (Å²) < 4.78 is 0. The summed E-state index contributed by atoms with van der Waals surface area (Å²) in [5.74, 6) is 1.73. The molecule has 0 amide bonds. The van der Waals surface area contributed by atoms with Crippen LogP contribution >= 0.6 is 11.6 Å². The number of hydrogen-bond donors (Lipinski definition) is 0. The molecule has 2 rings (SSSR count). The van der Waals surface area contributed by atoms with Crippen molar-refractivity contribution in [1.82, 2.24) is 4.90 Å². The summed E-state index contributed by atoms with van der Waals surface area (Å²) in [5.41, 5.74) is 0.616. The van der Waals surface area contributed by atoms with Crippen LogP contribution in [0.3, 0.4) is 0 Å². The van der Waals surface area contributed by atoms with Crippen molar-refractivity contribution in [2.24, 2.45) is 17.3 Å². The summed E-state index contributed by atoms with van der Waals surface area (Å²) in [4.78, 5) is 2.52. The fraction of sp³-hybridized carbons (Fsp3) is 1.00. The minimum Gasteiger partial charge on any atom is -0.306 e. The first-order chi connectivity index (χ1) is 8.95. The van der Waals surface area contributed by atoms with E-state index in [9.17, 15) is 0 Å². The summed E-state index contributed by atoms with van der Waals surface area (Å²) in [6, 6.07) is 0.776. The van der Waals surface area contributed by atoms with Crippen LogP contribution in [-0.2, 0) is 0 Å². The first-order valence-corrected chi connectivity index (χ1v) is 8.70. The Balaban J connectivity index is 2.10. The van der Waals surface area contributed by atoms with Crippen LogP contribution < -0.4 is 0 Å². The van der Waals surface area contributed by atoms with E-state index in [1.54, 1.807) is 0 Å². The van der Waals surface area contributed by atoms with Gasteiger partial charge in [-0.25, -0.2) is 0 Å². The van der Waals surface area contributed by atoms with Crippen LogP contribution in [-0.4, -0.2) is 30.4 Å². The highest BCUT2D eigenvalue weighted by atomic mass is 35.5. The van der Waals surface area contributed by atoms with Gasteiger partial charge in [-0.2, -0.15) is 0 Å². The van der Waals surface area contributed by atoms with Crippen molar-refractivity contribution >= 4 is 11.6 Å². The molecule has 0 N–H and O–H groups in total. The van der Waals surface area contributed by atoms with E-state index in [-0.39, 0.29) is 0 Å². The van der Waals surface area contributed by atoms with Crippen molar-refractivity contribution in [3.8, 4) is 0 Å². The molecule has 0 aromatic carbocycles. The number of alkyl halides is 1. The maximum absolute atomic E-state index is 6.31. The predicted molar refractivity (Wildman–Crippen MR) is 84.8 cm³/mol. The number of rotatable bonds is 5. The summed E-state index contributed by atoms with van der Waals surface area (Å²) in [5, 5.41) is 0.455. The van der Waals surface area contributed by atoms with E-state index in [2.05, 4.69) is 32.8 Å². The Bertz CT molecular complexity index is 275. The molecule has 0 aliphatic heterocycles. The summed E-state index contributed by atoms with van der Waals surface area (Å²) in [7, 11) is 4.58. The largest absolute Gasteiger partial charge is 0.306 e. The molecule has 1 nitrogen and oxygen atoms in total. The number of hydrogen-bond acceptors (Lipinski definition) is 1. The van der Waals surface area contributed by atoms with Gasteiger partial charge in [0.25, 0.3) is 0 Å². The Labute approximate surface area is 125 Å². The van der Waals surface area contributed by atoms with E-state index in [0.717, 1.165) is 17.9 Å². The molecule has 2 saturated carbocycles. The van der Waals surface area contributed by atoms with Crippen LogP contribution in [0.5, 0.6) is 0 Å². The molecule has 0 aromatic heterocycles. The number of nitrogens with zero attached hydrogens (tertiary/aromatic N) is 1. The molecule has 1 unspecified atom stereocenters. The molecule has 112 valence electrons. The molecule has 2 aliphatic rings.